The SMILES string of the molecule is COC(=O)c1cn(CC2CC2)c(-c2ccccc2)n1. The van der Waals surface area contributed by atoms with Crippen molar-refractivity contribution in [1.29, 1.82) is 0 Å². The minimum atomic E-state index is -0.383. The number of rotatable bonds is 4. The van der Waals surface area contributed by atoms with Gasteiger partial charge in [0.25, 0.3) is 0 Å². The smallest absolute Gasteiger partial charge is 0.358 e. The maximum absolute atomic E-state index is 11.6. The average molecular weight is 256 g/mol. The number of benzene rings is 1. The lowest BCUT2D eigenvalue weighted by Crippen LogP contribution is -2.01. The Morgan fingerprint density at radius 1 is 1.37 bits per heavy atom. The molecule has 2 aromatic rings. The molecule has 0 spiro atoms. The van der Waals surface area contributed by atoms with Crippen LogP contribution in [0.5, 0.6) is 0 Å². The van der Waals surface area contributed by atoms with E-state index in [-0.39, 0.29) is 5.97 Å². The number of ether oxygens (including phenoxy) is 1. The van der Waals surface area contributed by atoms with Gasteiger partial charge in [-0.2, -0.15) is 0 Å². The Labute approximate surface area is 112 Å². The lowest BCUT2D eigenvalue weighted by atomic mass is 10.2. The predicted molar refractivity (Wildman–Crippen MR) is 71.7 cm³/mol. The lowest BCUT2D eigenvalue weighted by molar-refractivity contribution is 0.0594. The van der Waals surface area contributed by atoms with E-state index in [1.54, 1.807) is 6.20 Å². The third-order valence-electron chi connectivity index (χ3n) is 3.35. The Hall–Kier alpha value is -2.10. The van der Waals surface area contributed by atoms with Crippen LogP contribution in [0.3, 0.4) is 0 Å². The van der Waals surface area contributed by atoms with Crippen molar-refractivity contribution in [2.24, 2.45) is 5.92 Å². The van der Waals surface area contributed by atoms with Gasteiger partial charge in [-0.1, -0.05) is 30.3 Å². The van der Waals surface area contributed by atoms with Crippen LogP contribution < -0.4 is 0 Å². The highest BCUT2D eigenvalue weighted by atomic mass is 16.5. The zero-order chi connectivity index (χ0) is 13.2. The van der Waals surface area contributed by atoms with Crippen LogP contribution in [0.15, 0.2) is 36.5 Å². The topological polar surface area (TPSA) is 44.1 Å². The molecule has 4 heteroatoms. The molecular formula is C15H16N2O2. The third-order valence-corrected chi connectivity index (χ3v) is 3.35. The third kappa shape index (κ3) is 2.52. The van der Waals surface area contributed by atoms with Gasteiger partial charge in [0.1, 0.15) is 5.82 Å². The highest BCUT2D eigenvalue weighted by molar-refractivity contribution is 5.87. The van der Waals surface area contributed by atoms with E-state index in [1.807, 2.05) is 30.3 Å². The molecule has 1 fully saturated rings. The molecule has 1 heterocycles. The monoisotopic (exact) mass is 256 g/mol. The Balaban J connectivity index is 2.00. The first-order valence-corrected chi connectivity index (χ1v) is 6.49. The maximum atomic E-state index is 11.6. The lowest BCUT2D eigenvalue weighted by Gasteiger charge is -2.06. The molecule has 1 aromatic carbocycles. The number of methoxy groups -OCH3 is 1. The molecule has 19 heavy (non-hydrogen) atoms. The van der Waals surface area contributed by atoms with Crippen LogP contribution in [0.2, 0.25) is 0 Å². The van der Waals surface area contributed by atoms with Crippen LogP contribution in [0.4, 0.5) is 0 Å². The molecule has 1 aliphatic carbocycles. The van der Waals surface area contributed by atoms with Crippen molar-refractivity contribution in [3.05, 3.63) is 42.2 Å². The number of nitrogens with zero attached hydrogens (tertiary/aromatic N) is 2. The zero-order valence-corrected chi connectivity index (χ0v) is 10.9. The van der Waals surface area contributed by atoms with Crippen molar-refractivity contribution >= 4 is 5.97 Å². The van der Waals surface area contributed by atoms with Gasteiger partial charge in [0.15, 0.2) is 5.69 Å². The summed E-state index contributed by atoms with van der Waals surface area (Å²) in [6, 6.07) is 9.94. The Bertz CT molecular complexity index is 585. The molecule has 0 saturated heterocycles. The number of carbonyl (C=O) groups is 1. The second-order valence-corrected chi connectivity index (χ2v) is 4.90. The number of carbonyl (C=O) groups excluding carboxylic acids is 1. The molecule has 0 radical (unpaired) electrons. The number of imidazole rings is 1. The van der Waals surface area contributed by atoms with Crippen LogP contribution in [0.1, 0.15) is 23.3 Å². The molecule has 4 nitrogen and oxygen atoms in total. The molecule has 0 amide bonds. The molecular weight excluding hydrogens is 240 g/mol. The van der Waals surface area contributed by atoms with Gasteiger partial charge in [0.2, 0.25) is 0 Å². The van der Waals surface area contributed by atoms with E-state index >= 15 is 0 Å². The van der Waals surface area contributed by atoms with Gasteiger partial charge in [0.05, 0.1) is 7.11 Å². The Morgan fingerprint density at radius 3 is 2.74 bits per heavy atom. The fourth-order valence-electron chi connectivity index (χ4n) is 2.15. The maximum Gasteiger partial charge on any atom is 0.358 e. The van der Waals surface area contributed by atoms with Crippen molar-refractivity contribution in [3.8, 4) is 11.4 Å². The van der Waals surface area contributed by atoms with E-state index in [0.717, 1.165) is 23.9 Å². The van der Waals surface area contributed by atoms with E-state index in [4.69, 9.17) is 4.74 Å². The number of esters is 1. The van der Waals surface area contributed by atoms with Gasteiger partial charge in [-0.15, -0.1) is 0 Å². The van der Waals surface area contributed by atoms with Gasteiger partial charge < -0.3 is 9.30 Å². The molecule has 1 aromatic heterocycles. The highest BCUT2D eigenvalue weighted by Gasteiger charge is 2.24. The van der Waals surface area contributed by atoms with Gasteiger partial charge in [-0.3, -0.25) is 0 Å². The van der Waals surface area contributed by atoms with Gasteiger partial charge in [-0.05, 0) is 18.8 Å². The summed E-state index contributed by atoms with van der Waals surface area (Å²) in [5.74, 6) is 1.18. The normalized spacial score (nSPS) is 14.4. The fourth-order valence-corrected chi connectivity index (χ4v) is 2.15. The average Bonchev–Trinajstić information content (AvgIpc) is 3.16. The van der Waals surface area contributed by atoms with E-state index in [2.05, 4.69) is 9.55 Å². The fraction of sp³-hybridized carbons (Fsp3) is 0.333. The van der Waals surface area contributed by atoms with Gasteiger partial charge >= 0.3 is 5.97 Å². The van der Waals surface area contributed by atoms with Crippen molar-refractivity contribution in [1.82, 2.24) is 9.55 Å². The van der Waals surface area contributed by atoms with Crippen LogP contribution >= 0.6 is 0 Å². The predicted octanol–water partition coefficient (Wildman–Crippen LogP) is 2.75. The molecule has 98 valence electrons. The van der Waals surface area contributed by atoms with E-state index in [1.165, 1.54) is 20.0 Å². The first-order valence-electron chi connectivity index (χ1n) is 6.49. The zero-order valence-electron chi connectivity index (χ0n) is 10.9. The highest BCUT2D eigenvalue weighted by Crippen LogP contribution is 2.32. The molecule has 1 saturated carbocycles. The minimum absolute atomic E-state index is 0.377. The Morgan fingerprint density at radius 2 is 2.11 bits per heavy atom. The summed E-state index contributed by atoms with van der Waals surface area (Å²) in [7, 11) is 1.38. The molecule has 3 rings (SSSR count). The largest absolute Gasteiger partial charge is 0.464 e. The molecule has 0 unspecified atom stereocenters. The van der Waals surface area contributed by atoms with Gasteiger partial charge in [-0.25, -0.2) is 9.78 Å². The minimum Gasteiger partial charge on any atom is -0.464 e. The number of hydrogen-bond donors (Lipinski definition) is 0. The molecule has 0 N–H and O–H groups in total. The summed E-state index contributed by atoms with van der Waals surface area (Å²) >= 11 is 0. The quantitative estimate of drug-likeness (QED) is 0.790. The van der Waals surface area contributed by atoms with Gasteiger partial charge in [0, 0.05) is 18.3 Å². The summed E-state index contributed by atoms with van der Waals surface area (Å²) in [6.45, 7) is 0.925. The first-order chi connectivity index (χ1) is 9.28. The van der Waals surface area contributed by atoms with E-state index in [0.29, 0.717) is 5.69 Å². The molecule has 0 bridgehead atoms. The van der Waals surface area contributed by atoms with Crippen molar-refractivity contribution < 1.29 is 9.53 Å². The number of aromatic nitrogens is 2. The second-order valence-electron chi connectivity index (χ2n) is 4.90. The van der Waals surface area contributed by atoms with Crippen LogP contribution in [0.25, 0.3) is 11.4 Å². The summed E-state index contributed by atoms with van der Waals surface area (Å²) in [5.41, 5.74) is 1.40. The van der Waals surface area contributed by atoms with Crippen molar-refractivity contribution in [3.63, 3.8) is 0 Å². The van der Waals surface area contributed by atoms with Crippen molar-refractivity contribution in [2.45, 2.75) is 19.4 Å². The van der Waals surface area contributed by atoms with Crippen molar-refractivity contribution in [2.75, 3.05) is 7.11 Å². The molecule has 0 aliphatic heterocycles. The summed E-state index contributed by atoms with van der Waals surface area (Å²) in [5, 5.41) is 0. The second kappa shape index (κ2) is 4.88. The van der Waals surface area contributed by atoms with Crippen LogP contribution in [-0.4, -0.2) is 22.6 Å². The molecule has 1 aliphatic rings. The van der Waals surface area contributed by atoms with E-state index in [9.17, 15) is 4.79 Å². The molecule has 0 atom stereocenters. The van der Waals surface area contributed by atoms with E-state index < -0.39 is 0 Å². The van der Waals surface area contributed by atoms with Crippen LogP contribution in [-0.2, 0) is 11.3 Å². The summed E-state index contributed by atoms with van der Waals surface area (Å²) in [4.78, 5) is 16.0. The summed E-state index contributed by atoms with van der Waals surface area (Å²) < 4.78 is 6.82. The van der Waals surface area contributed by atoms with Crippen LogP contribution in [0, 0.1) is 5.92 Å². The Kier molecular flexibility index (Phi) is 3.07. The summed E-state index contributed by atoms with van der Waals surface area (Å²) in [6.07, 6.45) is 4.33. The standard InChI is InChI=1S/C15H16N2O2/c1-19-15(18)13-10-17(9-11-7-8-11)14(16-13)12-5-3-2-4-6-12/h2-6,10-11H,7-9H2,1H3. The first kappa shape index (κ1) is 12.0. The number of hydrogen-bond acceptors (Lipinski definition) is 3.